The number of nitrogens with two attached hydrogens (primary N) is 1. The highest BCUT2D eigenvalue weighted by atomic mass is 35.5. The molecule has 0 spiro atoms. The second-order valence-electron chi connectivity index (χ2n) is 9.22. The third-order valence-corrected chi connectivity index (χ3v) is 6.91. The van der Waals surface area contributed by atoms with Crippen LogP contribution in [0.15, 0.2) is 47.8 Å². The zero-order chi connectivity index (χ0) is 30.0. The van der Waals surface area contributed by atoms with E-state index in [1.54, 1.807) is 13.2 Å². The van der Waals surface area contributed by atoms with Crippen LogP contribution >= 0.6 is 11.6 Å². The van der Waals surface area contributed by atoms with Crippen LogP contribution in [0.3, 0.4) is 0 Å². The van der Waals surface area contributed by atoms with Crippen molar-refractivity contribution >= 4 is 45.8 Å². The molecule has 0 radical (unpaired) electrons. The molecule has 42 heavy (non-hydrogen) atoms. The van der Waals surface area contributed by atoms with Gasteiger partial charge in [-0.2, -0.15) is 18.2 Å². The molecular formula is C26H26ClF3N8O4. The summed E-state index contributed by atoms with van der Waals surface area (Å²) in [6.45, 7) is 1.83. The number of halogens is 4. The van der Waals surface area contributed by atoms with Gasteiger partial charge >= 0.3 is 6.18 Å². The number of anilines is 3. The summed E-state index contributed by atoms with van der Waals surface area (Å²) in [5.74, 6) is 0.332. The van der Waals surface area contributed by atoms with Crippen LogP contribution in [-0.4, -0.2) is 62.1 Å². The minimum Gasteiger partial charge on any atom is -0.450 e. The second kappa shape index (κ2) is 11.9. The summed E-state index contributed by atoms with van der Waals surface area (Å²) >= 11 is 6.68. The SMILES string of the molecule is Cn1c(Nc2cc(C(F)(F)F)cn(CCO)c2=O)nc2ncc(OC(=CN)c3cc(N4CCOCC4)ccn3)c(Cl)c21. The van der Waals surface area contributed by atoms with Crippen LogP contribution in [0.5, 0.6) is 5.75 Å². The Morgan fingerprint density at radius 3 is 2.74 bits per heavy atom. The van der Waals surface area contributed by atoms with E-state index in [0.29, 0.717) is 31.2 Å². The average molecular weight is 607 g/mol. The average Bonchev–Trinajstić information content (AvgIpc) is 3.30. The minimum atomic E-state index is -4.73. The lowest BCUT2D eigenvalue weighted by atomic mass is 10.2. The Hall–Kier alpha value is -4.34. The second-order valence-corrected chi connectivity index (χ2v) is 9.60. The normalized spacial score (nSPS) is 14.4. The molecule has 16 heteroatoms. The number of nitrogens with zero attached hydrogens (tertiary/aromatic N) is 6. The van der Waals surface area contributed by atoms with Gasteiger partial charge in [0.05, 0.1) is 31.6 Å². The van der Waals surface area contributed by atoms with Gasteiger partial charge in [-0.1, -0.05) is 11.6 Å². The first-order valence-electron chi connectivity index (χ1n) is 12.7. The number of hydrogen-bond donors (Lipinski definition) is 3. The van der Waals surface area contributed by atoms with E-state index in [2.05, 4.69) is 25.2 Å². The van der Waals surface area contributed by atoms with E-state index in [9.17, 15) is 23.1 Å². The van der Waals surface area contributed by atoms with Gasteiger partial charge in [-0.25, -0.2) is 4.98 Å². The molecule has 4 aromatic rings. The van der Waals surface area contributed by atoms with E-state index in [4.69, 9.17) is 26.8 Å². The maximum Gasteiger partial charge on any atom is 0.417 e. The molecule has 0 bridgehead atoms. The number of ether oxygens (including phenoxy) is 2. The number of aryl methyl sites for hydroxylation is 1. The van der Waals surface area contributed by atoms with Crippen LogP contribution in [0.4, 0.5) is 30.5 Å². The largest absolute Gasteiger partial charge is 0.450 e. The van der Waals surface area contributed by atoms with Gasteiger partial charge in [0.1, 0.15) is 21.9 Å². The van der Waals surface area contributed by atoms with Crippen molar-refractivity contribution < 1.29 is 27.8 Å². The minimum absolute atomic E-state index is 0.00186. The number of morpholine rings is 1. The van der Waals surface area contributed by atoms with Crippen LogP contribution in [0.25, 0.3) is 16.9 Å². The van der Waals surface area contributed by atoms with Gasteiger partial charge in [-0.3, -0.25) is 9.78 Å². The highest BCUT2D eigenvalue weighted by Crippen LogP contribution is 2.36. The Morgan fingerprint density at radius 1 is 1.29 bits per heavy atom. The third kappa shape index (κ3) is 5.84. The number of fused-ring (bicyclic) bond motifs is 1. The molecule has 1 aliphatic rings. The summed E-state index contributed by atoms with van der Waals surface area (Å²) in [5.41, 5.74) is 5.42. The predicted molar refractivity (Wildman–Crippen MR) is 150 cm³/mol. The Kier molecular flexibility index (Phi) is 8.24. The Labute approximate surface area is 241 Å². The van der Waals surface area contributed by atoms with E-state index in [-0.39, 0.29) is 40.2 Å². The van der Waals surface area contributed by atoms with Crippen molar-refractivity contribution in [3.05, 3.63) is 69.6 Å². The van der Waals surface area contributed by atoms with Crippen molar-refractivity contribution in [3.63, 3.8) is 0 Å². The number of aliphatic hydroxyl groups excluding tert-OH is 1. The number of rotatable bonds is 8. The van der Waals surface area contributed by atoms with E-state index >= 15 is 0 Å². The molecule has 12 nitrogen and oxygen atoms in total. The number of hydrogen-bond acceptors (Lipinski definition) is 10. The third-order valence-electron chi connectivity index (χ3n) is 6.55. The fraction of sp³-hybridized carbons (Fsp3) is 0.308. The summed E-state index contributed by atoms with van der Waals surface area (Å²) in [5, 5.41) is 11.9. The van der Waals surface area contributed by atoms with Crippen LogP contribution in [0.1, 0.15) is 11.3 Å². The molecule has 4 N–H and O–H groups in total. The van der Waals surface area contributed by atoms with E-state index < -0.39 is 29.6 Å². The predicted octanol–water partition coefficient (Wildman–Crippen LogP) is 3.11. The molecule has 5 rings (SSSR count). The standard InChI is InChI=1S/C26H26ClF3N8O4/c1-36-22-21(27)20(42-19(12-31)17-11-16(2-3-32-17)37-5-8-41-9-6-37)13-33-23(22)35-25(36)34-18-10-15(26(28,29)30)14-38(4-7-39)24(18)40/h2-3,10-14,39H,4-9,31H2,1H3,(H,33,34,35). The van der Waals surface area contributed by atoms with Crippen LogP contribution in [0.2, 0.25) is 5.02 Å². The molecule has 0 saturated carbocycles. The molecule has 4 aromatic heterocycles. The number of alkyl halides is 3. The Morgan fingerprint density at radius 2 is 2.05 bits per heavy atom. The number of nitrogens with one attached hydrogen (secondary N) is 1. The fourth-order valence-electron chi connectivity index (χ4n) is 4.43. The van der Waals surface area contributed by atoms with Gasteiger partial charge in [0.25, 0.3) is 5.56 Å². The molecule has 0 aliphatic carbocycles. The summed E-state index contributed by atoms with van der Waals surface area (Å²) < 4.78 is 54.1. The zero-order valence-corrected chi connectivity index (χ0v) is 23.0. The number of pyridine rings is 3. The molecule has 1 aliphatic heterocycles. The summed E-state index contributed by atoms with van der Waals surface area (Å²) in [4.78, 5) is 27.9. The van der Waals surface area contributed by atoms with Gasteiger partial charge in [-0.05, 0) is 18.2 Å². The van der Waals surface area contributed by atoms with Gasteiger partial charge in [-0.15, -0.1) is 0 Å². The van der Waals surface area contributed by atoms with Crippen LogP contribution < -0.4 is 26.2 Å². The maximum atomic E-state index is 13.5. The van der Waals surface area contributed by atoms with Crippen molar-refractivity contribution in [2.75, 3.05) is 43.1 Å². The molecule has 0 unspecified atom stereocenters. The molecule has 0 amide bonds. The fourth-order valence-corrected chi connectivity index (χ4v) is 4.73. The molecule has 0 aromatic carbocycles. The van der Waals surface area contributed by atoms with E-state index in [1.807, 2.05) is 12.1 Å². The lowest BCUT2D eigenvalue weighted by molar-refractivity contribution is -0.138. The molecule has 5 heterocycles. The number of aliphatic hydroxyl groups is 1. The lowest BCUT2D eigenvalue weighted by Gasteiger charge is -2.29. The topological polar surface area (TPSA) is 146 Å². The van der Waals surface area contributed by atoms with Crippen molar-refractivity contribution in [1.82, 2.24) is 24.1 Å². The van der Waals surface area contributed by atoms with Crippen molar-refractivity contribution in [2.24, 2.45) is 12.8 Å². The highest BCUT2D eigenvalue weighted by molar-refractivity contribution is 6.36. The van der Waals surface area contributed by atoms with E-state index in [1.165, 1.54) is 17.0 Å². The number of aromatic nitrogens is 5. The van der Waals surface area contributed by atoms with E-state index in [0.717, 1.165) is 23.3 Å². The number of imidazole rings is 1. The molecular weight excluding hydrogens is 581 g/mol. The maximum absolute atomic E-state index is 13.5. The summed E-state index contributed by atoms with van der Waals surface area (Å²) in [7, 11) is 1.54. The highest BCUT2D eigenvalue weighted by Gasteiger charge is 2.32. The van der Waals surface area contributed by atoms with Gasteiger partial charge in [0, 0.05) is 51.0 Å². The van der Waals surface area contributed by atoms with Crippen molar-refractivity contribution in [2.45, 2.75) is 12.7 Å². The van der Waals surface area contributed by atoms with Crippen LogP contribution in [-0.2, 0) is 24.5 Å². The molecule has 222 valence electrons. The Balaban J connectivity index is 1.46. The monoisotopic (exact) mass is 606 g/mol. The zero-order valence-electron chi connectivity index (χ0n) is 22.2. The molecule has 0 atom stereocenters. The van der Waals surface area contributed by atoms with Gasteiger partial charge in [0.2, 0.25) is 5.95 Å². The first-order chi connectivity index (χ1) is 20.1. The quantitative estimate of drug-likeness (QED) is 0.256. The van der Waals surface area contributed by atoms with Gasteiger partial charge in [0.15, 0.2) is 17.2 Å². The Bertz CT molecular complexity index is 1700. The van der Waals surface area contributed by atoms with Crippen LogP contribution in [0, 0.1) is 0 Å². The van der Waals surface area contributed by atoms with Gasteiger partial charge < -0.3 is 39.7 Å². The summed E-state index contributed by atoms with van der Waals surface area (Å²) in [6.07, 6.45) is 0.129. The lowest BCUT2D eigenvalue weighted by Crippen LogP contribution is -2.36. The van der Waals surface area contributed by atoms with Crippen molar-refractivity contribution in [3.8, 4) is 5.75 Å². The summed E-state index contributed by atoms with van der Waals surface area (Å²) in [6, 6.07) is 4.38. The first-order valence-corrected chi connectivity index (χ1v) is 13.1. The molecule has 1 fully saturated rings. The molecule has 1 saturated heterocycles. The first kappa shape index (κ1) is 29.2. The van der Waals surface area contributed by atoms with Crippen molar-refractivity contribution in [1.29, 1.82) is 0 Å². The smallest absolute Gasteiger partial charge is 0.417 e.